The Bertz CT molecular complexity index is 592. The van der Waals surface area contributed by atoms with Gasteiger partial charge in [-0.25, -0.2) is 0 Å². The fourth-order valence-corrected chi connectivity index (χ4v) is 1.98. The highest BCUT2D eigenvalue weighted by Gasteiger charge is 2.08. The van der Waals surface area contributed by atoms with E-state index in [-0.39, 0.29) is 0 Å². The van der Waals surface area contributed by atoms with Crippen LogP contribution in [-0.2, 0) is 17.8 Å². The highest BCUT2D eigenvalue weighted by atomic mass is 16.5. The van der Waals surface area contributed by atoms with E-state index >= 15 is 0 Å². The molecule has 19 heavy (non-hydrogen) atoms. The first-order valence-corrected chi connectivity index (χ1v) is 6.40. The van der Waals surface area contributed by atoms with Crippen molar-refractivity contribution < 1.29 is 4.74 Å². The molecule has 4 heteroatoms. The van der Waals surface area contributed by atoms with Crippen LogP contribution >= 0.6 is 0 Å². The van der Waals surface area contributed by atoms with E-state index < -0.39 is 0 Å². The summed E-state index contributed by atoms with van der Waals surface area (Å²) in [4.78, 5) is 0. The Morgan fingerprint density at radius 3 is 3.00 bits per heavy atom. The number of benzene rings is 1. The van der Waals surface area contributed by atoms with Gasteiger partial charge in [0.05, 0.1) is 17.8 Å². The molecule has 0 aliphatic rings. The molecule has 0 fully saturated rings. The Morgan fingerprint density at radius 2 is 2.21 bits per heavy atom. The molecule has 0 radical (unpaired) electrons. The maximum atomic E-state index is 5.02. The van der Waals surface area contributed by atoms with Crippen LogP contribution in [0.3, 0.4) is 0 Å². The van der Waals surface area contributed by atoms with E-state index in [0.29, 0.717) is 13.2 Å². The largest absolute Gasteiger partial charge is 0.383 e. The van der Waals surface area contributed by atoms with Crippen molar-refractivity contribution in [3.8, 4) is 11.8 Å². The fraction of sp³-hybridized carbons (Fsp3) is 0.400. The maximum absolute atomic E-state index is 5.02. The summed E-state index contributed by atoms with van der Waals surface area (Å²) in [5, 5.41) is 9.15. The number of nitrogens with zero attached hydrogens (tertiary/aromatic N) is 2. The quantitative estimate of drug-likeness (QED) is 0.633. The number of ether oxygens (including phenoxy) is 1. The second kappa shape index (κ2) is 6.93. The third kappa shape index (κ3) is 3.34. The molecule has 100 valence electrons. The van der Waals surface area contributed by atoms with E-state index in [4.69, 9.17) is 4.74 Å². The fourth-order valence-electron chi connectivity index (χ4n) is 1.98. The third-order valence-corrected chi connectivity index (χ3v) is 2.92. The van der Waals surface area contributed by atoms with Gasteiger partial charge in [-0.05, 0) is 13.0 Å². The van der Waals surface area contributed by atoms with Gasteiger partial charge in [-0.15, -0.1) is 5.92 Å². The summed E-state index contributed by atoms with van der Waals surface area (Å²) in [6.45, 7) is 4.76. The lowest BCUT2D eigenvalue weighted by molar-refractivity contribution is 0.199. The molecule has 0 bridgehead atoms. The SMILES string of the molecule is CC#CCn1nc(CNCCOC)c2ccccc21. The smallest absolute Gasteiger partial charge is 0.102 e. The number of rotatable bonds is 6. The third-order valence-electron chi connectivity index (χ3n) is 2.92. The molecule has 0 unspecified atom stereocenters. The Kier molecular flexibility index (Phi) is 4.96. The predicted octanol–water partition coefficient (Wildman–Crippen LogP) is 1.80. The van der Waals surface area contributed by atoms with Crippen molar-refractivity contribution >= 4 is 10.9 Å². The lowest BCUT2D eigenvalue weighted by atomic mass is 10.2. The lowest BCUT2D eigenvalue weighted by Crippen LogP contribution is -2.19. The molecule has 0 aliphatic carbocycles. The minimum atomic E-state index is 0.634. The van der Waals surface area contributed by atoms with Crippen LogP contribution in [0.4, 0.5) is 0 Å². The van der Waals surface area contributed by atoms with Crippen molar-refractivity contribution in [3.05, 3.63) is 30.0 Å². The van der Waals surface area contributed by atoms with Crippen LogP contribution in [0.1, 0.15) is 12.6 Å². The van der Waals surface area contributed by atoms with Crippen molar-refractivity contribution in [2.45, 2.75) is 20.0 Å². The van der Waals surface area contributed by atoms with Crippen LogP contribution in [0, 0.1) is 11.8 Å². The lowest BCUT2D eigenvalue weighted by Gasteiger charge is -2.01. The van der Waals surface area contributed by atoms with E-state index in [9.17, 15) is 0 Å². The highest BCUT2D eigenvalue weighted by Crippen LogP contribution is 2.18. The molecule has 1 aromatic carbocycles. The standard InChI is InChI=1S/C15H19N3O/c1-3-4-10-18-15-8-6-5-7-13(15)14(17-18)12-16-9-11-19-2/h5-8,16H,9-12H2,1-2H3. The summed E-state index contributed by atoms with van der Waals surface area (Å²) < 4.78 is 6.98. The number of nitrogens with one attached hydrogen (secondary N) is 1. The van der Waals surface area contributed by atoms with Crippen molar-refractivity contribution in [2.75, 3.05) is 20.3 Å². The summed E-state index contributed by atoms with van der Waals surface area (Å²) in [5.41, 5.74) is 2.19. The number of para-hydroxylation sites is 1. The van der Waals surface area contributed by atoms with E-state index in [2.05, 4.69) is 34.4 Å². The topological polar surface area (TPSA) is 39.1 Å². The van der Waals surface area contributed by atoms with Gasteiger partial charge in [0.1, 0.15) is 6.54 Å². The van der Waals surface area contributed by atoms with Crippen LogP contribution < -0.4 is 5.32 Å². The van der Waals surface area contributed by atoms with Crippen molar-refractivity contribution in [1.82, 2.24) is 15.1 Å². The number of hydrogen-bond acceptors (Lipinski definition) is 3. The minimum absolute atomic E-state index is 0.634. The normalized spacial score (nSPS) is 10.4. The molecular formula is C15H19N3O. The van der Waals surface area contributed by atoms with Gasteiger partial charge >= 0.3 is 0 Å². The van der Waals surface area contributed by atoms with Crippen LogP contribution in [0.5, 0.6) is 0 Å². The molecule has 1 aromatic heterocycles. The van der Waals surface area contributed by atoms with Gasteiger partial charge in [-0.3, -0.25) is 4.68 Å². The molecule has 0 atom stereocenters. The van der Waals surface area contributed by atoms with E-state index in [1.165, 1.54) is 5.39 Å². The molecule has 0 saturated carbocycles. The molecule has 4 nitrogen and oxygen atoms in total. The number of fused-ring (bicyclic) bond motifs is 1. The van der Waals surface area contributed by atoms with Crippen LogP contribution in [0.25, 0.3) is 10.9 Å². The monoisotopic (exact) mass is 257 g/mol. The average Bonchev–Trinajstić information content (AvgIpc) is 2.80. The van der Waals surface area contributed by atoms with Gasteiger partial charge in [0.15, 0.2) is 0 Å². The predicted molar refractivity (Wildman–Crippen MR) is 76.8 cm³/mol. The zero-order valence-electron chi connectivity index (χ0n) is 11.4. The van der Waals surface area contributed by atoms with E-state index in [0.717, 1.165) is 24.3 Å². The van der Waals surface area contributed by atoms with Crippen molar-refractivity contribution in [2.24, 2.45) is 0 Å². The molecule has 0 aliphatic heterocycles. The Hall–Kier alpha value is -1.83. The number of aromatic nitrogens is 2. The highest BCUT2D eigenvalue weighted by molar-refractivity contribution is 5.82. The second-order valence-electron chi connectivity index (χ2n) is 4.22. The van der Waals surface area contributed by atoms with Gasteiger partial charge in [0.2, 0.25) is 0 Å². The molecule has 0 amide bonds. The Balaban J connectivity index is 2.19. The maximum Gasteiger partial charge on any atom is 0.102 e. The van der Waals surface area contributed by atoms with Crippen molar-refractivity contribution in [3.63, 3.8) is 0 Å². The first-order valence-electron chi connectivity index (χ1n) is 6.40. The summed E-state index contributed by atoms with van der Waals surface area (Å²) in [6.07, 6.45) is 0. The first kappa shape index (κ1) is 13.6. The van der Waals surface area contributed by atoms with Gasteiger partial charge in [-0.2, -0.15) is 5.10 Å². The van der Waals surface area contributed by atoms with Crippen LogP contribution in [0.2, 0.25) is 0 Å². The minimum Gasteiger partial charge on any atom is -0.383 e. The Morgan fingerprint density at radius 1 is 1.37 bits per heavy atom. The zero-order valence-corrected chi connectivity index (χ0v) is 11.4. The van der Waals surface area contributed by atoms with Gasteiger partial charge in [0.25, 0.3) is 0 Å². The number of hydrogen-bond donors (Lipinski definition) is 1. The summed E-state index contributed by atoms with van der Waals surface area (Å²) in [6, 6.07) is 8.25. The van der Waals surface area contributed by atoms with Crippen LogP contribution in [0.15, 0.2) is 24.3 Å². The molecule has 1 heterocycles. The summed E-state index contributed by atoms with van der Waals surface area (Å²) >= 11 is 0. The van der Waals surface area contributed by atoms with Crippen molar-refractivity contribution in [1.29, 1.82) is 0 Å². The summed E-state index contributed by atoms with van der Waals surface area (Å²) in [5.74, 6) is 5.96. The average molecular weight is 257 g/mol. The van der Waals surface area contributed by atoms with Gasteiger partial charge in [-0.1, -0.05) is 24.1 Å². The van der Waals surface area contributed by atoms with E-state index in [1.807, 2.05) is 23.7 Å². The molecule has 2 rings (SSSR count). The molecule has 0 spiro atoms. The van der Waals surface area contributed by atoms with Gasteiger partial charge in [0, 0.05) is 25.6 Å². The van der Waals surface area contributed by atoms with Gasteiger partial charge < -0.3 is 10.1 Å². The molecule has 1 N–H and O–H groups in total. The number of methoxy groups -OCH3 is 1. The first-order chi connectivity index (χ1) is 9.36. The second-order valence-corrected chi connectivity index (χ2v) is 4.22. The van der Waals surface area contributed by atoms with Crippen LogP contribution in [-0.4, -0.2) is 30.0 Å². The molecule has 2 aromatic rings. The molecular weight excluding hydrogens is 238 g/mol. The Labute approximate surface area is 113 Å². The molecule has 0 saturated heterocycles. The summed E-state index contributed by atoms with van der Waals surface area (Å²) in [7, 11) is 1.70. The van der Waals surface area contributed by atoms with E-state index in [1.54, 1.807) is 7.11 Å². The zero-order chi connectivity index (χ0) is 13.5.